The van der Waals surface area contributed by atoms with E-state index in [-0.39, 0.29) is 5.91 Å². The number of benzene rings is 1. The number of hydrogen-bond acceptors (Lipinski definition) is 3. The first-order valence-corrected chi connectivity index (χ1v) is 7.90. The van der Waals surface area contributed by atoms with Gasteiger partial charge < -0.3 is 4.90 Å². The van der Waals surface area contributed by atoms with Crippen molar-refractivity contribution in [2.45, 2.75) is 25.7 Å². The fourth-order valence-electron chi connectivity index (χ4n) is 2.28. The summed E-state index contributed by atoms with van der Waals surface area (Å²) in [7, 11) is 0. The van der Waals surface area contributed by atoms with Crippen molar-refractivity contribution in [3.8, 4) is 0 Å². The summed E-state index contributed by atoms with van der Waals surface area (Å²) in [5.74, 6) is -0.0816. The predicted octanol–water partition coefficient (Wildman–Crippen LogP) is 3.32. The molecule has 1 N–H and O–H groups in total. The van der Waals surface area contributed by atoms with Gasteiger partial charge in [-0.05, 0) is 38.1 Å². The monoisotopic (exact) mass is 327 g/mol. The van der Waals surface area contributed by atoms with Crippen molar-refractivity contribution in [3.63, 3.8) is 0 Å². The summed E-state index contributed by atoms with van der Waals surface area (Å²) in [6.45, 7) is 2.98. The third-order valence-corrected chi connectivity index (χ3v) is 4.02. The Morgan fingerprint density at radius 2 is 2.05 bits per heavy atom. The Morgan fingerprint density at radius 1 is 1.29 bits per heavy atom. The van der Waals surface area contributed by atoms with Crippen molar-refractivity contribution < 1.29 is 4.79 Å². The van der Waals surface area contributed by atoms with Crippen LogP contribution in [-0.2, 0) is 4.79 Å². The van der Waals surface area contributed by atoms with Gasteiger partial charge in [-0.1, -0.05) is 35.7 Å². The van der Waals surface area contributed by atoms with Gasteiger partial charge in [-0.15, -0.1) is 0 Å². The van der Waals surface area contributed by atoms with E-state index in [0.29, 0.717) is 16.5 Å². The SMILES string of the molecule is O=C(CCN1CCCCC1)N/N=C\c1ccc(Cl)cc1Cl. The van der Waals surface area contributed by atoms with Crippen molar-refractivity contribution in [3.05, 3.63) is 33.8 Å². The second kappa shape index (κ2) is 8.37. The van der Waals surface area contributed by atoms with Crippen molar-refractivity contribution >= 4 is 35.3 Å². The van der Waals surface area contributed by atoms with E-state index in [2.05, 4.69) is 15.4 Å². The van der Waals surface area contributed by atoms with Gasteiger partial charge in [0.2, 0.25) is 5.91 Å². The molecule has 1 aliphatic rings. The highest BCUT2D eigenvalue weighted by molar-refractivity contribution is 6.36. The second-order valence-electron chi connectivity index (χ2n) is 5.11. The maximum absolute atomic E-state index is 11.7. The van der Waals surface area contributed by atoms with Gasteiger partial charge in [0.25, 0.3) is 0 Å². The van der Waals surface area contributed by atoms with Gasteiger partial charge in [0.1, 0.15) is 0 Å². The Labute approximate surface area is 135 Å². The maximum atomic E-state index is 11.7. The van der Waals surface area contributed by atoms with Crippen molar-refractivity contribution in [2.24, 2.45) is 5.10 Å². The Morgan fingerprint density at radius 3 is 2.76 bits per heavy atom. The second-order valence-corrected chi connectivity index (χ2v) is 5.95. The highest BCUT2D eigenvalue weighted by atomic mass is 35.5. The lowest BCUT2D eigenvalue weighted by atomic mass is 10.1. The Kier molecular flexibility index (Phi) is 6.49. The normalized spacial score (nSPS) is 16.3. The van der Waals surface area contributed by atoms with Crippen LogP contribution in [0.1, 0.15) is 31.2 Å². The molecule has 0 aliphatic carbocycles. The van der Waals surface area contributed by atoms with Gasteiger partial charge in [-0.3, -0.25) is 4.79 Å². The van der Waals surface area contributed by atoms with Crippen LogP contribution in [0.4, 0.5) is 0 Å². The number of hydrogen-bond donors (Lipinski definition) is 1. The lowest BCUT2D eigenvalue weighted by molar-refractivity contribution is -0.121. The van der Waals surface area contributed by atoms with Gasteiger partial charge in [0.05, 0.1) is 11.2 Å². The van der Waals surface area contributed by atoms with E-state index in [1.165, 1.54) is 25.5 Å². The van der Waals surface area contributed by atoms with Gasteiger partial charge in [-0.25, -0.2) is 5.43 Å². The Balaban J connectivity index is 1.73. The molecule has 6 heteroatoms. The molecule has 1 aliphatic heterocycles. The van der Waals surface area contributed by atoms with Crippen molar-refractivity contribution in [1.29, 1.82) is 0 Å². The molecular weight excluding hydrogens is 309 g/mol. The zero-order chi connectivity index (χ0) is 15.1. The number of halogens is 2. The van der Waals surface area contributed by atoms with Crippen molar-refractivity contribution in [2.75, 3.05) is 19.6 Å². The predicted molar refractivity (Wildman–Crippen MR) is 87.1 cm³/mol. The van der Waals surface area contributed by atoms with Gasteiger partial charge >= 0.3 is 0 Å². The molecule has 21 heavy (non-hydrogen) atoms. The summed E-state index contributed by atoms with van der Waals surface area (Å²) in [6, 6.07) is 5.13. The van der Waals surface area contributed by atoms with Crippen LogP contribution in [0.3, 0.4) is 0 Å². The van der Waals surface area contributed by atoms with E-state index in [9.17, 15) is 4.79 Å². The number of amides is 1. The van der Waals surface area contributed by atoms with E-state index >= 15 is 0 Å². The third-order valence-electron chi connectivity index (χ3n) is 3.46. The molecule has 114 valence electrons. The van der Waals surface area contributed by atoms with Crippen molar-refractivity contribution in [1.82, 2.24) is 10.3 Å². The molecule has 0 spiro atoms. The van der Waals surface area contributed by atoms with Crippen LogP contribution in [0.15, 0.2) is 23.3 Å². The zero-order valence-electron chi connectivity index (χ0n) is 11.8. The molecule has 0 aromatic heterocycles. The summed E-state index contributed by atoms with van der Waals surface area (Å²) in [4.78, 5) is 14.0. The number of carbonyl (C=O) groups is 1. The Hall–Kier alpha value is -1.10. The smallest absolute Gasteiger partial charge is 0.241 e. The summed E-state index contributed by atoms with van der Waals surface area (Å²) < 4.78 is 0. The van der Waals surface area contributed by atoms with E-state index in [0.717, 1.165) is 25.2 Å². The molecule has 0 bridgehead atoms. The van der Waals surface area contributed by atoms with Crippen LogP contribution in [0.5, 0.6) is 0 Å². The largest absolute Gasteiger partial charge is 0.303 e. The molecule has 1 fully saturated rings. The molecular formula is C15H19Cl2N3O. The van der Waals surface area contributed by atoms with E-state index in [1.807, 2.05) is 0 Å². The summed E-state index contributed by atoms with van der Waals surface area (Å²) in [6.07, 6.45) is 5.75. The molecule has 1 aromatic rings. The average Bonchev–Trinajstić information content (AvgIpc) is 2.48. The maximum Gasteiger partial charge on any atom is 0.241 e. The molecule has 0 saturated carbocycles. The number of rotatable bonds is 5. The van der Waals surface area contributed by atoms with E-state index < -0.39 is 0 Å². The fraction of sp³-hybridized carbons (Fsp3) is 0.467. The van der Waals surface area contributed by atoms with Crippen LogP contribution in [0, 0.1) is 0 Å². The third kappa shape index (κ3) is 5.65. The van der Waals surface area contributed by atoms with Crippen LogP contribution < -0.4 is 5.43 Å². The van der Waals surface area contributed by atoms with Crippen LogP contribution in [-0.4, -0.2) is 36.7 Å². The number of nitrogens with zero attached hydrogens (tertiary/aromatic N) is 2. The standard InChI is InChI=1S/C15H19Cl2N3O/c16-13-5-4-12(14(17)10-13)11-18-19-15(21)6-9-20-7-2-1-3-8-20/h4-5,10-11H,1-3,6-9H2,(H,19,21)/b18-11-. The van der Waals surface area contributed by atoms with E-state index in [4.69, 9.17) is 23.2 Å². The topological polar surface area (TPSA) is 44.7 Å². The minimum absolute atomic E-state index is 0.0816. The lowest BCUT2D eigenvalue weighted by Gasteiger charge is -2.25. The first-order valence-electron chi connectivity index (χ1n) is 7.14. The summed E-state index contributed by atoms with van der Waals surface area (Å²) >= 11 is 11.8. The molecule has 0 radical (unpaired) electrons. The molecule has 4 nitrogen and oxygen atoms in total. The Bertz CT molecular complexity index is 514. The first-order chi connectivity index (χ1) is 10.1. The molecule has 0 unspecified atom stereocenters. The molecule has 2 rings (SSSR count). The van der Waals surface area contributed by atoms with Gasteiger partial charge in [0.15, 0.2) is 0 Å². The minimum Gasteiger partial charge on any atom is -0.303 e. The summed E-state index contributed by atoms with van der Waals surface area (Å²) in [5.41, 5.74) is 3.24. The highest BCUT2D eigenvalue weighted by Crippen LogP contribution is 2.19. The molecule has 0 atom stereocenters. The zero-order valence-corrected chi connectivity index (χ0v) is 13.3. The molecule has 1 saturated heterocycles. The number of likely N-dealkylation sites (tertiary alicyclic amines) is 1. The number of carbonyl (C=O) groups excluding carboxylic acids is 1. The van der Waals surface area contributed by atoms with E-state index in [1.54, 1.807) is 18.2 Å². The molecule has 1 heterocycles. The number of nitrogens with one attached hydrogen (secondary N) is 1. The van der Waals surface area contributed by atoms with Gasteiger partial charge in [0, 0.05) is 23.6 Å². The van der Waals surface area contributed by atoms with Crippen LogP contribution in [0.25, 0.3) is 0 Å². The molecule has 1 aromatic carbocycles. The fourth-order valence-corrected chi connectivity index (χ4v) is 2.74. The summed E-state index contributed by atoms with van der Waals surface area (Å²) in [5, 5.41) is 5.01. The van der Waals surface area contributed by atoms with Crippen LogP contribution >= 0.6 is 23.2 Å². The first kappa shape index (κ1) is 16.3. The quantitative estimate of drug-likeness (QED) is 0.666. The van der Waals surface area contributed by atoms with Gasteiger partial charge in [-0.2, -0.15) is 5.10 Å². The highest BCUT2D eigenvalue weighted by Gasteiger charge is 2.11. The molecule has 1 amide bonds. The lowest BCUT2D eigenvalue weighted by Crippen LogP contribution is -2.33. The number of hydrazone groups is 1. The number of piperidine rings is 1. The van der Waals surface area contributed by atoms with Crippen LogP contribution in [0.2, 0.25) is 10.0 Å². The average molecular weight is 328 g/mol. The minimum atomic E-state index is -0.0816.